The van der Waals surface area contributed by atoms with Gasteiger partial charge in [0.25, 0.3) is 5.91 Å². The molecule has 1 unspecified atom stereocenters. The molecule has 1 aromatic heterocycles. The lowest BCUT2D eigenvalue weighted by Gasteiger charge is -2.25. The highest BCUT2D eigenvalue weighted by molar-refractivity contribution is 5.96. The van der Waals surface area contributed by atoms with Crippen LogP contribution in [0.4, 0.5) is 0 Å². The van der Waals surface area contributed by atoms with E-state index in [0.29, 0.717) is 5.56 Å². The Bertz CT molecular complexity index is 746. The third kappa shape index (κ3) is 4.24. The molecule has 1 N–H and O–H groups in total. The fourth-order valence-electron chi connectivity index (χ4n) is 3.44. The van der Waals surface area contributed by atoms with Crippen molar-refractivity contribution in [1.82, 2.24) is 9.88 Å². The van der Waals surface area contributed by atoms with Crippen molar-refractivity contribution in [2.45, 2.75) is 38.1 Å². The molecule has 2 heterocycles. The van der Waals surface area contributed by atoms with Crippen LogP contribution in [0.3, 0.4) is 0 Å². The Labute approximate surface area is 147 Å². The molecule has 1 aliphatic rings. The van der Waals surface area contributed by atoms with Gasteiger partial charge in [-0.25, -0.2) is 9.78 Å². The maximum atomic E-state index is 12.8. The third-order valence-electron chi connectivity index (χ3n) is 4.71. The molecule has 5 nitrogen and oxygen atoms in total. The van der Waals surface area contributed by atoms with Crippen LogP contribution in [0.25, 0.3) is 0 Å². The first kappa shape index (κ1) is 17.1. The number of carboxylic acid groups (broad SMARTS) is 1. The maximum Gasteiger partial charge on any atom is 0.354 e. The van der Waals surface area contributed by atoms with Crippen molar-refractivity contribution in [3.05, 3.63) is 65.5 Å². The molecular weight excluding hydrogens is 316 g/mol. The molecule has 1 fully saturated rings. The summed E-state index contributed by atoms with van der Waals surface area (Å²) in [5.74, 6) is -1.21. The number of amides is 1. The lowest BCUT2D eigenvalue weighted by molar-refractivity contribution is 0.0690. The number of aromatic carboxylic acids is 1. The predicted octanol–water partition coefficient (Wildman–Crippen LogP) is 3.41. The topological polar surface area (TPSA) is 70.5 Å². The van der Waals surface area contributed by atoms with Gasteiger partial charge >= 0.3 is 5.97 Å². The quantitative estimate of drug-likeness (QED) is 0.876. The van der Waals surface area contributed by atoms with Gasteiger partial charge in [0.05, 0.1) is 0 Å². The average molecular weight is 338 g/mol. The number of benzene rings is 1. The summed E-state index contributed by atoms with van der Waals surface area (Å²) in [7, 11) is 0. The number of likely N-dealkylation sites (tertiary alicyclic amines) is 1. The van der Waals surface area contributed by atoms with Crippen LogP contribution >= 0.6 is 0 Å². The third-order valence-corrected chi connectivity index (χ3v) is 4.71. The maximum absolute atomic E-state index is 12.8. The van der Waals surface area contributed by atoms with Crippen LogP contribution in [0.5, 0.6) is 0 Å². The minimum Gasteiger partial charge on any atom is -0.477 e. The van der Waals surface area contributed by atoms with Crippen molar-refractivity contribution in [3.8, 4) is 0 Å². The first-order valence-corrected chi connectivity index (χ1v) is 8.69. The number of carbonyl (C=O) groups excluding carboxylic acids is 1. The zero-order valence-electron chi connectivity index (χ0n) is 14.1. The van der Waals surface area contributed by atoms with Gasteiger partial charge in [0, 0.05) is 24.3 Å². The van der Waals surface area contributed by atoms with Crippen molar-refractivity contribution in [3.63, 3.8) is 0 Å². The van der Waals surface area contributed by atoms with Gasteiger partial charge in [-0.05, 0) is 49.8 Å². The van der Waals surface area contributed by atoms with Gasteiger partial charge in [-0.15, -0.1) is 0 Å². The summed E-state index contributed by atoms with van der Waals surface area (Å²) in [6.07, 6.45) is 6.41. The average Bonchev–Trinajstić information content (AvgIpc) is 3.10. The fourth-order valence-corrected chi connectivity index (χ4v) is 3.44. The van der Waals surface area contributed by atoms with Crippen molar-refractivity contribution in [2.75, 3.05) is 6.54 Å². The van der Waals surface area contributed by atoms with E-state index in [4.69, 9.17) is 5.11 Å². The van der Waals surface area contributed by atoms with Gasteiger partial charge in [-0.2, -0.15) is 0 Å². The molecule has 0 aliphatic carbocycles. The lowest BCUT2D eigenvalue weighted by atomic mass is 10.0. The lowest BCUT2D eigenvalue weighted by Crippen LogP contribution is -2.35. The second kappa shape index (κ2) is 7.92. The summed E-state index contributed by atoms with van der Waals surface area (Å²) in [5.41, 5.74) is 1.63. The number of aromatic nitrogens is 1. The Morgan fingerprint density at radius 1 is 1.20 bits per heavy atom. The second-order valence-corrected chi connectivity index (χ2v) is 6.41. The highest BCUT2D eigenvalue weighted by atomic mass is 16.4. The predicted molar refractivity (Wildman–Crippen MR) is 94.6 cm³/mol. The standard InChI is InChI=1S/C20H22N2O3/c23-19(16-11-12-21-18(14-16)20(24)25)22-13-5-10-17(22)9-4-8-15-6-2-1-3-7-15/h1-3,6-7,11-12,14,17H,4-5,8-10,13H2,(H,24,25). The van der Waals surface area contributed by atoms with Gasteiger partial charge in [-0.1, -0.05) is 30.3 Å². The van der Waals surface area contributed by atoms with Crippen LogP contribution < -0.4 is 0 Å². The minimum absolute atomic E-state index is 0.0906. The summed E-state index contributed by atoms with van der Waals surface area (Å²) in [6.45, 7) is 0.736. The molecule has 3 rings (SSSR count). The zero-order chi connectivity index (χ0) is 17.6. The summed E-state index contributed by atoms with van der Waals surface area (Å²) in [6, 6.07) is 13.6. The summed E-state index contributed by atoms with van der Waals surface area (Å²) < 4.78 is 0. The smallest absolute Gasteiger partial charge is 0.354 e. The van der Waals surface area contributed by atoms with E-state index in [9.17, 15) is 9.59 Å². The molecule has 0 bridgehead atoms. The molecule has 1 amide bonds. The van der Waals surface area contributed by atoms with E-state index >= 15 is 0 Å². The van der Waals surface area contributed by atoms with Crippen molar-refractivity contribution in [1.29, 1.82) is 0 Å². The Morgan fingerprint density at radius 2 is 2.00 bits per heavy atom. The van der Waals surface area contributed by atoms with Gasteiger partial charge in [-0.3, -0.25) is 4.79 Å². The molecule has 5 heteroatoms. The molecule has 0 spiro atoms. The Hall–Kier alpha value is -2.69. The molecular formula is C20H22N2O3. The molecule has 2 aromatic rings. The van der Waals surface area contributed by atoms with Crippen LogP contribution in [-0.4, -0.2) is 39.5 Å². The first-order valence-electron chi connectivity index (χ1n) is 8.69. The fraction of sp³-hybridized carbons (Fsp3) is 0.350. The normalized spacial score (nSPS) is 16.8. The first-order chi connectivity index (χ1) is 12.1. The highest BCUT2D eigenvalue weighted by Gasteiger charge is 2.29. The number of nitrogens with zero attached hydrogens (tertiary/aromatic N) is 2. The molecule has 25 heavy (non-hydrogen) atoms. The van der Waals surface area contributed by atoms with E-state index < -0.39 is 5.97 Å². The Balaban J connectivity index is 1.61. The number of aryl methyl sites for hydroxylation is 1. The van der Waals surface area contributed by atoms with E-state index in [-0.39, 0.29) is 17.6 Å². The van der Waals surface area contributed by atoms with Crippen LogP contribution in [0.15, 0.2) is 48.7 Å². The molecule has 1 saturated heterocycles. The van der Waals surface area contributed by atoms with Crippen LogP contribution in [0.2, 0.25) is 0 Å². The van der Waals surface area contributed by atoms with Gasteiger partial charge in [0.1, 0.15) is 5.69 Å². The number of hydrogen-bond donors (Lipinski definition) is 1. The van der Waals surface area contributed by atoms with E-state index in [0.717, 1.165) is 38.6 Å². The molecule has 1 atom stereocenters. The summed E-state index contributed by atoms with van der Waals surface area (Å²) in [5, 5.41) is 9.05. The van der Waals surface area contributed by atoms with Crippen LogP contribution in [0.1, 0.15) is 52.1 Å². The molecule has 1 aromatic carbocycles. The van der Waals surface area contributed by atoms with Crippen molar-refractivity contribution in [2.24, 2.45) is 0 Å². The van der Waals surface area contributed by atoms with Gasteiger partial charge in [0.2, 0.25) is 0 Å². The summed E-state index contributed by atoms with van der Waals surface area (Å²) in [4.78, 5) is 29.5. The van der Waals surface area contributed by atoms with Gasteiger partial charge in [0.15, 0.2) is 0 Å². The van der Waals surface area contributed by atoms with E-state index in [1.54, 1.807) is 6.07 Å². The largest absolute Gasteiger partial charge is 0.477 e. The SMILES string of the molecule is O=C(O)c1cc(C(=O)N2CCCC2CCCc2ccccc2)ccn1. The molecule has 130 valence electrons. The second-order valence-electron chi connectivity index (χ2n) is 6.41. The number of carbonyl (C=O) groups is 2. The van der Waals surface area contributed by atoms with E-state index in [2.05, 4.69) is 17.1 Å². The van der Waals surface area contributed by atoms with Crippen LogP contribution in [-0.2, 0) is 6.42 Å². The van der Waals surface area contributed by atoms with E-state index in [1.165, 1.54) is 17.8 Å². The molecule has 0 saturated carbocycles. The Kier molecular flexibility index (Phi) is 5.43. The Morgan fingerprint density at radius 3 is 2.76 bits per heavy atom. The van der Waals surface area contributed by atoms with E-state index in [1.807, 2.05) is 23.1 Å². The number of rotatable bonds is 6. The number of carboxylic acids is 1. The highest BCUT2D eigenvalue weighted by Crippen LogP contribution is 2.24. The van der Waals surface area contributed by atoms with Crippen molar-refractivity contribution >= 4 is 11.9 Å². The monoisotopic (exact) mass is 338 g/mol. The zero-order valence-corrected chi connectivity index (χ0v) is 14.1. The van der Waals surface area contributed by atoms with Gasteiger partial charge < -0.3 is 10.0 Å². The summed E-state index contributed by atoms with van der Waals surface area (Å²) >= 11 is 0. The minimum atomic E-state index is -1.12. The molecule has 0 radical (unpaired) electrons. The molecule has 1 aliphatic heterocycles. The van der Waals surface area contributed by atoms with Crippen LogP contribution in [0, 0.1) is 0 Å². The number of hydrogen-bond acceptors (Lipinski definition) is 3. The van der Waals surface area contributed by atoms with Crippen molar-refractivity contribution < 1.29 is 14.7 Å². The number of pyridine rings is 1.